The van der Waals surface area contributed by atoms with Gasteiger partial charge in [0, 0.05) is 32.2 Å². The Hall–Kier alpha value is -0.770. The van der Waals surface area contributed by atoms with Crippen LogP contribution < -0.4 is 5.73 Å². The van der Waals surface area contributed by atoms with Crippen LogP contribution in [-0.4, -0.2) is 48.1 Å². The van der Waals surface area contributed by atoms with E-state index in [0.717, 1.165) is 51.9 Å². The van der Waals surface area contributed by atoms with E-state index in [-0.39, 0.29) is 12.1 Å². The molecular weight excluding hydrogens is 202 g/mol. The third kappa shape index (κ3) is 2.32. The van der Waals surface area contributed by atoms with Gasteiger partial charge < -0.3 is 15.5 Å². The van der Waals surface area contributed by atoms with Gasteiger partial charge in [0.2, 0.25) is 0 Å². The van der Waals surface area contributed by atoms with Crippen LogP contribution in [0, 0.1) is 5.92 Å². The van der Waals surface area contributed by atoms with Crippen LogP contribution in [0.2, 0.25) is 0 Å². The fourth-order valence-electron chi connectivity index (χ4n) is 2.76. The second kappa shape index (κ2) is 5.04. The van der Waals surface area contributed by atoms with Crippen molar-refractivity contribution in [2.24, 2.45) is 11.7 Å². The van der Waals surface area contributed by atoms with Gasteiger partial charge >= 0.3 is 6.03 Å². The molecule has 0 spiro atoms. The van der Waals surface area contributed by atoms with E-state index in [4.69, 9.17) is 5.73 Å². The van der Waals surface area contributed by atoms with Gasteiger partial charge in [-0.2, -0.15) is 0 Å². The highest BCUT2D eigenvalue weighted by Gasteiger charge is 2.31. The fourth-order valence-corrected chi connectivity index (χ4v) is 2.76. The monoisotopic (exact) mass is 225 g/mol. The maximum absolute atomic E-state index is 12.2. The Morgan fingerprint density at radius 3 is 2.56 bits per heavy atom. The van der Waals surface area contributed by atoms with Crippen LogP contribution in [0.3, 0.4) is 0 Å². The predicted molar refractivity (Wildman–Crippen MR) is 64.1 cm³/mol. The van der Waals surface area contributed by atoms with Gasteiger partial charge in [-0.15, -0.1) is 0 Å². The van der Waals surface area contributed by atoms with E-state index in [1.54, 1.807) is 0 Å². The van der Waals surface area contributed by atoms with E-state index in [1.807, 2.05) is 9.80 Å². The lowest BCUT2D eigenvalue weighted by Crippen LogP contribution is -2.52. The van der Waals surface area contributed by atoms with Crippen LogP contribution in [-0.2, 0) is 0 Å². The molecule has 2 unspecified atom stereocenters. The molecule has 2 aliphatic heterocycles. The molecule has 2 atom stereocenters. The first kappa shape index (κ1) is 11.7. The summed E-state index contributed by atoms with van der Waals surface area (Å²) in [6, 6.07) is 0.524. The SMILES string of the molecule is CCC1CN(C(=O)N2CCCC2)CCC1N. The first-order chi connectivity index (χ1) is 7.72. The molecule has 0 radical (unpaired) electrons. The minimum Gasteiger partial charge on any atom is -0.327 e. The van der Waals surface area contributed by atoms with Gasteiger partial charge in [0.25, 0.3) is 0 Å². The third-order valence-corrected chi connectivity index (χ3v) is 3.96. The zero-order chi connectivity index (χ0) is 11.5. The molecule has 0 aromatic rings. The number of nitrogens with zero attached hydrogens (tertiary/aromatic N) is 2. The number of carbonyl (C=O) groups excluding carboxylic acids is 1. The van der Waals surface area contributed by atoms with Crippen molar-refractivity contribution < 1.29 is 4.79 Å². The summed E-state index contributed by atoms with van der Waals surface area (Å²) in [5.41, 5.74) is 6.05. The normalized spacial score (nSPS) is 30.9. The molecule has 0 bridgehead atoms. The standard InChI is InChI=1S/C12H23N3O/c1-2-10-9-15(8-5-11(10)13)12(16)14-6-3-4-7-14/h10-11H,2-9,13H2,1H3. The lowest BCUT2D eigenvalue weighted by molar-refractivity contribution is 0.127. The van der Waals surface area contributed by atoms with Crippen molar-refractivity contribution in [3.63, 3.8) is 0 Å². The van der Waals surface area contributed by atoms with Crippen LogP contribution in [0.4, 0.5) is 4.79 Å². The number of hydrogen-bond acceptors (Lipinski definition) is 2. The summed E-state index contributed by atoms with van der Waals surface area (Å²) >= 11 is 0. The minimum absolute atomic E-state index is 0.239. The van der Waals surface area contributed by atoms with E-state index < -0.39 is 0 Å². The van der Waals surface area contributed by atoms with Gasteiger partial charge in [-0.1, -0.05) is 13.3 Å². The van der Waals surface area contributed by atoms with Gasteiger partial charge in [-0.3, -0.25) is 0 Å². The summed E-state index contributed by atoms with van der Waals surface area (Å²) in [7, 11) is 0. The Kier molecular flexibility index (Phi) is 3.69. The van der Waals surface area contributed by atoms with Gasteiger partial charge in [-0.05, 0) is 25.2 Å². The van der Waals surface area contributed by atoms with Crippen molar-refractivity contribution in [1.29, 1.82) is 0 Å². The molecule has 0 saturated carbocycles. The van der Waals surface area contributed by atoms with Gasteiger partial charge in [0.1, 0.15) is 0 Å². The number of piperidine rings is 1. The zero-order valence-electron chi connectivity index (χ0n) is 10.2. The Morgan fingerprint density at radius 1 is 1.25 bits per heavy atom. The smallest absolute Gasteiger partial charge is 0.320 e. The van der Waals surface area contributed by atoms with Crippen molar-refractivity contribution in [2.45, 2.75) is 38.6 Å². The van der Waals surface area contributed by atoms with Gasteiger partial charge in [0.15, 0.2) is 0 Å². The lowest BCUT2D eigenvalue weighted by Gasteiger charge is -2.38. The molecule has 4 heteroatoms. The van der Waals surface area contributed by atoms with E-state index in [0.29, 0.717) is 5.92 Å². The molecule has 2 fully saturated rings. The number of urea groups is 1. The maximum Gasteiger partial charge on any atom is 0.320 e. The summed E-state index contributed by atoms with van der Waals surface area (Å²) in [6.45, 7) is 5.74. The van der Waals surface area contributed by atoms with Crippen LogP contribution in [0.5, 0.6) is 0 Å². The summed E-state index contributed by atoms with van der Waals surface area (Å²) in [6.07, 6.45) is 4.36. The molecule has 2 saturated heterocycles. The van der Waals surface area contributed by atoms with Crippen molar-refractivity contribution in [3.05, 3.63) is 0 Å². The summed E-state index contributed by atoms with van der Waals surface area (Å²) in [5.74, 6) is 0.486. The second-order valence-corrected chi connectivity index (χ2v) is 5.04. The fraction of sp³-hybridized carbons (Fsp3) is 0.917. The summed E-state index contributed by atoms with van der Waals surface area (Å²) < 4.78 is 0. The molecule has 2 aliphatic rings. The van der Waals surface area contributed by atoms with E-state index >= 15 is 0 Å². The highest BCUT2D eigenvalue weighted by molar-refractivity contribution is 5.74. The average molecular weight is 225 g/mol. The first-order valence-electron chi connectivity index (χ1n) is 6.51. The van der Waals surface area contributed by atoms with Gasteiger partial charge in [0.05, 0.1) is 0 Å². The van der Waals surface area contributed by atoms with Crippen LogP contribution >= 0.6 is 0 Å². The first-order valence-corrected chi connectivity index (χ1v) is 6.51. The van der Waals surface area contributed by atoms with Crippen molar-refractivity contribution in [1.82, 2.24) is 9.80 Å². The van der Waals surface area contributed by atoms with E-state index in [1.165, 1.54) is 0 Å². The summed E-state index contributed by atoms with van der Waals surface area (Å²) in [5, 5.41) is 0. The predicted octanol–water partition coefficient (Wildman–Crippen LogP) is 1.26. The Labute approximate surface area is 97.8 Å². The van der Waals surface area contributed by atoms with Gasteiger partial charge in [-0.25, -0.2) is 4.79 Å². The van der Waals surface area contributed by atoms with Crippen LogP contribution in [0.15, 0.2) is 0 Å². The Bertz CT molecular complexity index is 251. The van der Waals surface area contributed by atoms with Crippen molar-refractivity contribution >= 4 is 6.03 Å². The average Bonchev–Trinajstić information content (AvgIpc) is 2.82. The Morgan fingerprint density at radius 2 is 1.94 bits per heavy atom. The van der Waals surface area contributed by atoms with Crippen molar-refractivity contribution in [3.8, 4) is 0 Å². The molecule has 0 aromatic carbocycles. The minimum atomic E-state index is 0.239. The van der Waals surface area contributed by atoms with Crippen LogP contribution in [0.1, 0.15) is 32.6 Å². The van der Waals surface area contributed by atoms with E-state index in [9.17, 15) is 4.79 Å². The third-order valence-electron chi connectivity index (χ3n) is 3.96. The molecule has 4 nitrogen and oxygen atoms in total. The molecule has 16 heavy (non-hydrogen) atoms. The van der Waals surface area contributed by atoms with Crippen LogP contribution in [0.25, 0.3) is 0 Å². The van der Waals surface area contributed by atoms with E-state index in [2.05, 4.69) is 6.92 Å². The Balaban J connectivity index is 1.91. The number of rotatable bonds is 1. The molecule has 2 amide bonds. The summed E-state index contributed by atoms with van der Waals surface area (Å²) in [4.78, 5) is 16.2. The molecule has 92 valence electrons. The second-order valence-electron chi connectivity index (χ2n) is 5.04. The molecule has 2 N–H and O–H groups in total. The molecule has 2 heterocycles. The highest BCUT2D eigenvalue weighted by Crippen LogP contribution is 2.20. The molecule has 2 rings (SSSR count). The molecule has 0 aliphatic carbocycles. The zero-order valence-corrected chi connectivity index (χ0v) is 10.2. The molecule has 0 aromatic heterocycles. The molecular formula is C12H23N3O. The number of likely N-dealkylation sites (tertiary alicyclic amines) is 2. The lowest BCUT2D eigenvalue weighted by atomic mass is 9.91. The quantitative estimate of drug-likeness (QED) is 0.730. The highest BCUT2D eigenvalue weighted by atomic mass is 16.2. The maximum atomic E-state index is 12.2. The number of amides is 2. The number of carbonyl (C=O) groups is 1. The topological polar surface area (TPSA) is 49.6 Å². The largest absolute Gasteiger partial charge is 0.327 e. The number of nitrogens with two attached hydrogens (primary N) is 1. The number of hydrogen-bond donors (Lipinski definition) is 1. The van der Waals surface area contributed by atoms with Crippen molar-refractivity contribution in [2.75, 3.05) is 26.2 Å².